The maximum Gasteiger partial charge on any atom is 0.269 e. The Morgan fingerprint density at radius 2 is 1.71 bits per heavy atom. The number of nitrogens with zero attached hydrogens (tertiary/aromatic N) is 1. The van der Waals surface area contributed by atoms with Crippen LogP contribution >= 0.6 is 0 Å². The first kappa shape index (κ1) is 13.1. The summed E-state index contributed by atoms with van der Waals surface area (Å²) in [4.78, 5) is 16.5. The van der Waals surface area contributed by atoms with Crippen LogP contribution in [-0.2, 0) is 0 Å². The predicted molar refractivity (Wildman–Crippen MR) is 80.5 cm³/mol. The van der Waals surface area contributed by atoms with Crippen LogP contribution in [0.4, 0.5) is 0 Å². The predicted octanol–water partition coefficient (Wildman–Crippen LogP) is 2.21. The molecule has 3 rings (SSSR count). The number of nitrogens with two attached hydrogens (primary N) is 1. The van der Waals surface area contributed by atoms with Crippen molar-refractivity contribution in [2.24, 2.45) is 5.84 Å². The SMILES string of the molecule is NNC(=O)c1c(O)c(-c2ccccc2)nc2ccccc12. The third kappa shape index (κ3) is 2.19. The van der Waals surface area contributed by atoms with Crippen LogP contribution in [0.1, 0.15) is 10.4 Å². The zero-order valence-corrected chi connectivity index (χ0v) is 11.1. The van der Waals surface area contributed by atoms with Crippen LogP contribution in [0.2, 0.25) is 0 Å². The van der Waals surface area contributed by atoms with Crippen molar-refractivity contribution in [3.05, 3.63) is 60.2 Å². The molecule has 0 fully saturated rings. The van der Waals surface area contributed by atoms with Gasteiger partial charge >= 0.3 is 0 Å². The van der Waals surface area contributed by atoms with Gasteiger partial charge in [-0.25, -0.2) is 10.8 Å². The Labute approximate surface area is 121 Å². The van der Waals surface area contributed by atoms with Gasteiger partial charge in [-0.2, -0.15) is 0 Å². The summed E-state index contributed by atoms with van der Waals surface area (Å²) >= 11 is 0. The van der Waals surface area contributed by atoms with Gasteiger partial charge in [0.15, 0.2) is 5.75 Å². The highest BCUT2D eigenvalue weighted by Gasteiger charge is 2.20. The van der Waals surface area contributed by atoms with E-state index in [0.29, 0.717) is 16.6 Å². The van der Waals surface area contributed by atoms with Gasteiger partial charge in [0.05, 0.1) is 11.1 Å². The number of aromatic nitrogens is 1. The van der Waals surface area contributed by atoms with Crippen LogP contribution < -0.4 is 11.3 Å². The largest absolute Gasteiger partial charge is 0.505 e. The van der Waals surface area contributed by atoms with E-state index in [1.54, 1.807) is 18.2 Å². The highest BCUT2D eigenvalue weighted by atomic mass is 16.3. The second-order valence-corrected chi connectivity index (χ2v) is 4.54. The van der Waals surface area contributed by atoms with Crippen LogP contribution in [0, 0.1) is 0 Å². The van der Waals surface area contributed by atoms with Crippen molar-refractivity contribution in [1.29, 1.82) is 0 Å². The van der Waals surface area contributed by atoms with E-state index in [0.717, 1.165) is 5.56 Å². The van der Waals surface area contributed by atoms with E-state index < -0.39 is 5.91 Å². The number of hydrogen-bond donors (Lipinski definition) is 3. The lowest BCUT2D eigenvalue weighted by Gasteiger charge is -2.12. The smallest absolute Gasteiger partial charge is 0.269 e. The Hall–Kier alpha value is -2.92. The molecule has 21 heavy (non-hydrogen) atoms. The molecule has 0 radical (unpaired) electrons. The lowest BCUT2D eigenvalue weighted by Crippen LogP contribution is -2.30. The maximum atomic E-state index is 12.0. The van der Waals surface area contributed by atoms with Gasteiger partial charge in [-0.05, 0) is 6.07 Å². The molecular formula is C16H13N3O2. The molecular weight excluding hydrogens is 266 g/mol. The van der Waals surface area contributed by atoms with Gasteiger partial charge < -0.3 is 5.11 Å². The van der Waals surface area contributed by atoms with Gasteiger partial charge in [-0.3, -0.25) is 10.2 Å². The molecule has 0 aliphatic carbocycles. The molecule has 4 N–H and O–H groups in total. The minimum Gasteiger partial charge on any atom is -0.505 e. The van der Waals surface area contributed by atoms with Crippen molar-refractivity contribution in [3.63, 3.8) is 0 Å². The third-order valence-corrected chi connectivity index (χ3v) is 3.27. The fourth-order valence-electron chi connectivity index (χ4n) is 2.30. The van der Waals surface area contributed by atoms with Gasteiger partial charge in [0.1, 0.15) is 5.69 Å². The van der Waals surface area contributed by atoms with Crippen LogP contribution in [0.15, 0.2) is 54.6 Å². The van der Waals surface area contributed by atoms with E-state index in [1.165, 1.54) is 0 Å². The molecule has 0 aliphatic heterocycles. The van der Waals surface area contributed by atoms with Crippen LogP contribution in [-0.4, -0.2) is 16.0 Å². The first-order valence-corrected chi connectivity index (χ1v) is 6.40. The van der Waals surface area contributed by atoms with Crippen molar-refractivity contribution in [2.75, 3.05) is 0 Å². The number of carbonyl (C=O) groups is 1. The number of benzene rings is 2. The number of amides is 1. The van der Waals surface area contributed by atoms with Crippen molar-refractivity contribution in [2.45, 2.75) is 0 Å². The van der Waals surface area contributed by atoms with Gasteiger partial charge in [0, 0.05) is 10.9 Å². The Morgan fingerprint density at radius 3 is 2.43 bits per heavy atom. The highest BCUT2D eigenvalue weighted by molar-refractivity contribution is 6.10. The first-order valence-electron chi connectivity index (χ1n) is 6.40. The molecule has 0 saturated heterocycles. The molecule has 0 aliphatic rings. The van der Waals surface area contributed by atoms with E-state index in [4.69, 9.17) is 5.84 Å². The van der Waals surface area contributed by atoms with Crippen LogP contribution in [0.25, 0.3) is 22.2 Å². The summed E-state index contributed by atoms with van der Waals surface area (Å²) in [6.45, 7) is 0. The number of aromatic hydroxyl groups is 1. The number of hydrazine groups is 1. The van der Waals surface area contributed by atoms with Crippen molar-refractivity contribution < 1.29 is 9.90 Å². The Bertz CT molecular complexity index is 816. The van der Waals surface area contributed by atoms with Crippen molar-refractivity contribution >= 4 is 16.8 Å². The summed E-state index contributed by atoms with van der Waals surface area (Å²) in [6, 6.07) is 16.3. The van der Waals surface area contributed by atoms with Crippen LogP contribution in [0.5, 0.6) is 5.75 Å². The Kier molecular flexibility index (Phi) is 3.25. The zero-order chi connectivity index (χ0) is 14.8. The number of fused-ring (bicyclic) bond motifs is 1. The molecule has 1 aromatic heterocycles. The first-order chi connectivity index (χ1) is 10.2. The van der Waals surface area contributed by atoms with Gasteiger partial charge in [0.25, 0.3) is 5.91 Å². The van der Waals surface area contributed by atoms with Crippen molar-refractivity contribution in [3.8, 4) is 17.0 Å². The lowest BCUT2D eigenvalue weighted by molar-refractivity contribution is 0.0952. The Balaban J connectivity index is 2.37. The molecule has 3 aromatic rings. The number of nitrogens with one attached hydrogen (secondary N) is 1. The molecule has 5 heteroatoms. The van der Waals surface area contributed by atoms with Gasteiger partial charge in [0.2, 0.25) is 0 Å². The minimum atomic E-state index is -0.553. The number of rotatable bonds is 2. The molecule has 1 amide bonds. The fraction of sp³-hybridized carbons (Fsp3) is 0. The average molecular weight is 279 g/mol. The Morgan fingerprint density at radius 1 is 1.05 bits per heavy atom. The van der Waals surface area contributed by atoms with E-state index in [9.17, 15) is 9.90 Å². The molecule has 0 saturated carbocycles. The molecule has 5 nitrogen and oxygen atoms in total. The van der Waals surface area contributed by atoms with E-state index in [2.05, 4.69) is 10.4 Å². The number of hydrogen-bond acceptors (Lipinski definition) is 4. The summed E-state index contributed by atoms with van der Waals surface area (Å²) < 4.78 is 0. The van der Waals surface area contributed by atoms with Crippen molar-refractivity contribution in [1.82, 2.24) is 10.4 Å². The summed E-state index contributed by atoms with van der Waals surface area (Å²) in [5.74, 6) is 4.49. The summed E-state index contributed by atoms with van der Waals surface area (Å²) in [6.07, 6.45) is 0. The summed E-state index contributed by atoms with van der Waals surface area (Å²) in [5, 5.41) is 11.0. The highest BCUT2D eigenvalue weighted by Crippen LogP contribution is 2.34. The number of carbonyl (C=O) groups excluding carboxylic acids is 1. The normalized spacial score (nSPS) is 10.5. The maximum absolute atomic E-state index is 12.0. The molecule has 1 heterocycles. The molecule has 2 aromatic carbocycles. The topological polar surface area (TPSA) is 88.2 Å². The quantitative estimate of drug-likeness (QED) is 0.381. The second kappa shape index (κ2) is 5.22. The molecule has 0 bridgehead atoms. The summed E-state index contributed by atoms with van der Waals surface area (Å²) in [5.41, 5.74) is 3.89. The van der Waals surface area contributed by atoms with E-state index in [-0.39, 0.29) is 11.3 Å². The third-order valence-electron chi connectivity index (χ3n) is 3.27. The van der Waals surface area contributed by atoms with Crippen LogP contribution in [0.3, 0.4) is 0 Å². The number of para-hydroxylation sites is 1. The van der Waals surface area contributed by atoms with Gasteiger partial charge in [-0.15, -0.1) is 0 Å². The van der Waals surface area contributed by atoms with Gasteiger partial charge in [-0.1, -0.05) is 48.5 Å². The molecule has 0 spiro atoms. The lowest BCUT2D eigenvalue weighted by atomic mass is 10.0. The fourth-order valence-corrected chi connectivity index (χ4v) is 2.30. The number of nitrogen functional groups attached to an aromatic ring is 1. The average Bonchev–Trinajstić information content (AvgIpc) is 2.54. The summed E-state index contributed by atoms with van der Waals surface area (Å²) in [7, 11) is 0. The monoisotopic (exact) mass is 279 g/mol. The van der Waals surface area contributed by atoms with E-state index >= 15 is 0 Å². The second-order valence-electron chi connectivity index (χ2n) is 4.54. The zero-order valence-electron chi connectivity index (χ0n) is 11.1. The standard InChI is InChI=1S/C16H13N3O2/c17-19-16(21)13-11-8-4-5-9-12(11)18-14(15(13)20)10-6-2-1-3-7-10/h1-9,20H,17H2,(H,19,21). The molecule has 104 valence electrons. The van der Waals surface area contributed by atoms with E-state index in [1.807, 2.05) is 36.4 Å². The molecule has 0 atom stereocenters. The molecule has 0 unspecified atom stereocenters. The minimum absolute atomic E-state index is 0.127. The number of pyridine rings is 1.